The van der Waals surface area contributed by atoms with Crippen molar-refractivity contribution < 1.29 is 50.9 Å². The maximum atomic E-state index is 13.0. The molecular formula is C25H28ClF5N2O6. The molecule has 0 aliphatic rings. The first kappa shape index (κ1) is 32.1. The molecule has 0 saturated heterocycles. The molecule has 39 heavy (non-hydrogen) atoms. The molecule has 0 radical (unpaired) electrons. The lowest BCUT2D eigenvalue weighted by molar-refractivity contribution is -0.391. The Kier molecular flexibility index (Phi) is 12.2. The summed E-state index contributed by atoms with van der Waals surface area (Å²) in [6, 6.07) is 12.0. The Balaban J connectivity index is 1.95. The minimum atomic E-state index is -5.85. The van der Waals surface area contributed by atoms with E-state index < -0.39 is 37.0 Å². The van der Waals surface area contributed by atoms with Crippen LogP contribution in [-0.2, 0) is 20.7 Å². The fourth-order valence-corrected chi connectivity index (χ4v) is 3.34. The van der Waals surface area contributed by atoms with Crippen LogP contribution in [0.1, 0.15) is 18.9 Å². The van der Waals surface area contributed by atoms with Gasteiger partial charge in [-0.1, -0.05) is 23.7 Å². The molecule has 2 aromatic carbocycles. The normalized spacial score (nSPS) is 12.6. The summed E-state index contributed by atoms with van der Waals surface area (Å²) < 4.78 is 77.4. The Hall–Kier alpha value is -3.16. The lowest BCUT2D eigenvalue weighted by atomic mass is 10.1. The molecule has 2 rings (SSSR count). The number of anilines is 1. The Morgan fingerprint density at radius 2 is 1.64 bits per heavy atom. The van der Waals surface area contributed by atoms with Gasteiger partial charge >= 0.3 is 24.3 Å². The average Bonchev–Trinajstić information content (AvgIpc) is 2.86. The van der Waals surface area contributed by atoms with E-state index in [9.17, 15) is 36.6 Å². The number of urea groups is 1. The van der Waals surface area contributed by atoms with Gasteiger partial charge in [0, 0.05) is 30.3 Å². The topological polar surface area (TPSA) is 97.3 Å². The van der Waals surface area contributed by atoms with Crippen LogP contribution in [0.2, 0.25) is 5.02 Å². The number of halogens is 6. The quantitative estimate of drug-likeness (QED) is 0.202. The zero-order valence-electron chi connectivity index (χ0n) is 20.8. The van der Waals surface area contributed by atoms with Crippen molar-refractivity contribution in [2.75, 3.05) is 38.2 Å². The van der Waals surface area contributed by atoms with E-state index in [4.69, 9.17) is 21.1 Å². The van der Waals surface area contributed by atoms with E-state index in [-0.39, 0.29) is 39.1 Å². The molecule has 0 fully saturated rings. The number of nitrogens with one attached hydrogen (secondary N) is 1. The van der Waals surface area contributed by atoms with E-state index in [1.54, 1.807) is 31.2 Å². The Bertz CT molecular complexity index is 1050. The van der Waals surface area contributed by atoms with Crippen molar-refractivity contribution >= 4 is 29.3 Å². The van der Waals surface area contributed by atoms with E-state index in [1.165, 1.54) is 29.2 Å². The Labute approximate surface area is 226 Å². The van der Waals surface area contributed by atoms with Crippen LogP contribution in [0.3, 0.4) is 0 Å². The monoisotopic (exact) mass is 582 g/mol. The van der Waals surface area contributed by atoms with Gasteiger partial charge in [-0.15, -0.1) is 0 Å². The molecule has 2 N–H and O–H groups in total. The maximum Gasteiger partial charge on any atom is 0.482 e. The van der Waals surface area contributed by atoms with Crippen molar-refractivity contribution in [2.24, 2.45) is 0 Å². The van der Waals surface area contributed by atoms with Crippen LogP contribution in [0, 0.1) is 0 Å². The third kappa shape index (κ3) is 10.9. The van der Waals surface area contributed by atoms with Crippen LogP contribution >= 0.6 is 11.6 Å². The highest BCUT2D eigenvalue weighted by Crippen LogP contribution is 2.36. The molecule has 0 spiro atoms. The first-order valence-corrected chi connectivity index (χ1v) is 12.2. The van der Waals surface area contributed by atoms with Gasteiger partial charge < -0.3 is 29.5 Å². The molecule has 1 unspecified atom stereocenters. The molecule has 216 valence electrons. The standard InChI is InChI=1S/C25H28ClF5N2O6/c1-2-37-21(22(34)35)16-17-4-10-20(11-5-17)38-15-13-33(12-3-14-39-25(30,31)24(27,28)29)23(36)32-19-8-6-18(26)7-9-19/h4-11,21H,2-3,12-16H2,1H3,(H,32,36)(H,34,35). The summed E-state index contributed by atoms with van der Waals surface area (Å²) in [6.45, 7) is 0.710. The van der Waals surface area contributed by atoms with E-state index in [1.807, 2.05) is 0 Å². The summed E-state index contributed by atoms with van der Waals surface area (Å²) in [5.74, 6) is -0.671. The average molecular weight is 583 g/mol. The first-order chi connectivity index (χ1) is 18.3. The van der Waals surface area contributed by atoms with Crippen molar-refractivity contribution in [1.29, 1.82) is 0 Å². The van der Waals surface area contributed by atoms with Crippen LogP contribution in [0.25, 0.3) is 0 Å². The zero-order chi connectivity index (χ0) is 29.1. The second-order valence-electron chi connectivity index (χ2n) is 8.12. The van der Waals surface area contributed by atoms with Gasteiger partial charge in [0.15, 0.2) is 6.10 Å². The highest BCUT2D eigenvalue weighted by Gasteiger charge is 2.59. The molecule has 8 nitrogen and oxygen atoms in total. The SMILES string of the molecule is CCOC(Cc1ccc(OCCN(CCCOC(F)(F)C(F)(F)F)C(=O)Nc2ccc(Cl)cc2)cc1)C(=O)O. The smallest absolute Gasteiger partial charge is 0.482 e. The van der Waals surface area contributed by atoms with Crippen molar-refractivity contribution in [3.63, 3.8) is 0 Å². The number of hydrogen-bond donors (Lipinski definition) is 2. The molecule has 2 amide bonds. The maximum absolute atomic E-state index is 13.0. The van der Waals surface area contributed by atoms with Crippen LogP contribution < -0.4 is 10.1 Å². The molecule has 1 atom stereocenters. The van der Waals surface area contributed by atoms with E-state index in [0.717, 1.165) is 0 Å². The summed E-state index contributed by atoms with van der Waals surface area (Å²) in [7, 11) is 0. The fraction of sp³-hybridized carbons (Fsp3) is 0.440. The summed E-state index contributed by atoms with van der Waals surface area (Å²) in [5, 5.41) is 12.2. The van der Waals surface area contributed by atoms with Crippen LogP contribution in [0.4, 0.5) is 32.4 Å². The number of hydrogen-bond acceptors (Lipinski definition) is 5. The van der Waals surface area contributed by atoms with Gasteiger partial charge in [0.25, 0.3) is 0 Å². The third-order valence-electron chi connectivity index (χ3n) is 5.19. The number of amides is 2. The lowest BCUT2D eigenvalue weighted by Gasteiger charge is -2.24. The fourth-order valence-electron chi connectivity index (χ4n) is 3.22. The minimum Gasteiger partial charge on any atom is -0.492 e. The number of nitrogens with zero attached hydrogens (tertiary/aromatic N) is 1. The minimum absolute atomic E-state index is 0.0380. The molecule has 0 aromatic heterocycles. The van der Waals surface area contributed by atoms with Crippen LogP contribution in [0.15, 0.2) is 48.5 Å². The van der Waals surface area contributed by atoms with Crippen molar-refractivity contribution in [3.05, 3.63) is 59.1 Å². The van der Waals surface area contributed by atoms with Crippen LogP contribution in [-0.4, -0.2) is 73.3 Å². The van der Waals surface area contributed by atoms with E-state index >= 15 is 0 Å². The van der Waals surface area contributed by atoms with Crippen LogP contribution in [0.5, 0.6) is 5.75 Å². The lowest BCUT2D eigenvalue weighted by Crippen LogP contribution is -2.41. The molecule has 0 heterocycles. The second kappa shape index (κ2) is 14.8. The number of carboxylic acids is 1. The zero-order valence-corrected chi connectivity index (χ0v) is 21.6. The number of aliphatic carboxylic acids is 1. The summed E-state index contributed by atoms with van der Waals surface area (Å²) in [5.41, 5.74) is 1.08. The molecule has 0 aliphatic heterocycles. The van der Waals surface area contributed by atoms with Gasteiger partial charge in [-0.25, -0.2) is 9.59 Å². The number of alkyl halides is 5. The number of carbonyl (C=O) groups excluding carboxylic acids is 1. The first-order valence-electron chi connectivity index (χ1n) is 11.8. The van der Waals surface area contributed by atoms with Crippen molar-refractivity contribution in [3.8, 4) is 5.75 Å². The number of rotatable bonds is 15. The van der Waals surface area contributed by atoms with Gasteiger partial charge in [-0.05, 0) is 55.3 Å². The van der Waals surface area contributed by atoms with Crippen molar-refractivity contribution in [2.45, 2.75) is 38.2 Å². The van der Waals surface area contributed by atoms with E-state index in [0.29, 0.717) is 22.0 Å². The number of carboxylic acid groups (broad SMARTS) is 1. The largest absolute Gasteiger partial charge is 0.492 e. The molecule has 0 saturated carbocycles. The molecule has 2 aromatic rings. The van der Waals surface area contributed by atoms with Gasteiger partial charge in [0.1, 0.15) is 12.4 Å². The highest BCUT2D eigenvalue weighted by molar-refractivity contribution is 6.30. The molecule has 0 bridgehead atoms. The molecule has 14 heteroatoms. The highest BCUT2D eigenvalue weighted by atomic mass is 35.5. The Morgan fingerprint density at radius 3 is 2.21 bits per heavy atom. The predicted molar refractivity (Wildman–Crippen MR) is 132 cm³/mol. The second-order valence-corrected chi connectivity index (χ2v) is 8.56. The molecule has 0 aliphatic carbocycles. The Morgan fingerprint density at radius 1 is 1.00 bits per heavy atom. The predicted octanol–water partition coefficient (Wildman–Crippen LogP) is 5.85. The third-order valence-corrected chi connectivity index (χ3v) is 5.44. The van der Waals surface area contributed by atoms with Gasteiger partial charge in [-0.2, -0.15) is 22.0 Å². The summed E-state index contributed by atoms with van der Waals surface area (Å²) in [4.78, 5) is 25.2. The molecular weight excluding hydrogens is 555 g/mol. The van der Waals surface area contributed by atoms with Gasteiger partial charge in [-0.3, -0.25) is 0 Å². The van der Waals surface area contributed by atoms with E-state index in [2.05, 4.69) is 10.1 Å². The number of ether oxygens (including phenoxy) is 3. The van der Waals surface area contributed by atoms with Gasteiger partial charge in [0.2, 0.25) is 0 Å². The number of benzene rings is 2. The summed E-state index contributed by atoms with van der Waals surface area (Å²) >= 11 is 5.83. The summed E-state index contributed by atoms with van der Waals surface area (Å²) in [6.07, 6.45) is -12.3. The van der Waals surface area contributed by atoms with Crippen molar-refractivity contribution in [1.82, 2.24) is 4.90 Å². The number of carbonyl (C=O) groups is 2. The van der Waals surface area contributed by atoms with Gasteiger partial charge in [0.05, 0.1) is 13.2 Å².